The van der Waals surface area contributed by atoms with Gasteiger partial charge < -0.3 is 10.6 Å². The standard InChI is InChI=1S/C29H24N4O3S/c1-19(28(35)31-26-18-27(34)33(32-26)24-11-3-2-4-12-24)37-25-13-7-10-23(17-25)30-29(36)22-15-14-20-8-5-6-9-21(20)16-22/h2-17,19H,18H2,1H3,(H,30,36)(H,31,32,35). The number of rotatable bonds is 6. The molecule has 0 fully saturated rings. The van der Waals surface area contributed by atoms with Crippen molar-refractivity contribution in [1.29, 1.82) is 0 Å². The minimum absolute atomic E-state index is 0.0360. The van der Waals surface area contributed by atoms with E-state index in [1.54, 1.807) is 25.1 Å². The second-order valence-electron chi connectivity index (χ2n) is 8.56. The van der Waals surface area contributed by atoms with Crippen LogP contribution in [0.3, 0.4) is 0 Å². The zero-order valence-corrected chi connectivity index (χ0v) is 20.9. The van der Waals surface area contributed by atoms with Gasteiger partial charge in [0.25, 0.3) is 11.8 Å². The summed E-state index contributed by atoms with van der Waals surface area (Å²) in [5.74, 6) is -0.331. The molecular weight excluding hydrogens is 484 g/mol. The van der Waals surface area contributed by atoms with E-state index >= 15 is 0 Å². The quantitative estimate of drug-likeness (QED) is 0.340. The third kappa shape index (κ3) is 5.70. The molecule has 5 rings (SSSR count). The molecule has 37 heavy (non-hydrogen) atoms. The van der Waals surface area contributed by atoms with Crippen LogP contribution in [-0.2, 0) is 9.59 Å². The predicted molar refractivity (Wildman–Crippen MR) is 148 cm³/mol. The van der Waals surface area contributed by atoms with Crippen LogP contribution in [-0.4, -0.2) is 28.8 Å². The first-order valence-corrected chi connectivity index (χ1v) is 12.7. The van der Waals surface area contributed by atoms with Gasteiger partial charge in [0.15, 0.2) is 0 Å². The highest BCUT2D eigenvalue weighted by Gasteiger charge is 2.27. The summed E-state index contributed by atoms with van der Waals surface area (Å²) in [7, 11) is 0. The van der Waals surface area contributed by atoms with Gasteiger partial charge in [0.05, 0.1) is 17.4 Å². The molecule has 1 heterocycles. The van der Waals surface area contributed by atoms with Crippen LogP contribution < -0.4 is 15.6 Å². The van der Waals surface area contributed by atoms with Gasteiger partial charge in [-0.3, -0.25) is 14.4 Å². The minimum atomic E-state index is -0.449. The van der Waals surface area contributed by atoms with Gasteiger partial charge in [-0.1, -0.05) is 54.6 Å². The van der Waals surface area contributed by atoms with Gasteiger partial charge in [0.2, 0.25) is 5.91 Å². The summed E-state index contributed by atoms with van der Waals surface area (Å²) < 4.78 is 0. The Hall–Kier alpha value is -4.43. The van der Waals surface area contributed by atoms with Crippen molar-refractivity contribution < 1.29 is 14.4 Å². The SMILES string of the molecule is CC(Sc1cccc(NC(=O)c2ccc3ccccc3c2)c1)C(=O)NC1=NN(c2ccccc2)C(=O)C1. The summed E-state index contributed by atoms with van der Waals surface area (Å²) in [6, 6.07) is 29.9. The first kappa shape index (κ1) is 24.3. The zero-order valence-electron chi connectivity index (χ0n) is 20.0. The van der Waals surface area contributed by atoms with Crippen molar-refractivity contribution in [2.75, 3.05) is 10.3 Å². The number of carbonyl (C=O) groups is 3. The molecule has 8 heteroatoms. The van der Waals surface area contributed by atoms with E-state index in [9.17, 15) is 14.4 Å². The number of amides is 3. The van der Waals surface area contributed by atoms with Gasteiger partial charge in [-0.05, 0) is 60.2 Å². The number of benzene rings is 4. The maximum absolute atomic E-state index is 12.8. The molecule has 4 aromatic rings. The number of fused-ring (bicyclic) bond motifs is 1. The fraction of sp³-hybridized carbons (Fsp3) is 0.103. The Kier molecular flexibility index (Phi) is 7.00. The first-order chi connectivity index (χ1) is 18.0. The molecule has 0 bridgehead atoms. The van der Waals surface area contributed by atoms with Crippen molar-refractivity contribution in [3.63, 3.8) is 0 Å². The molecule has 2 N–H and O–H groups in total. The van der Waals surface area contributed by atoms with Gasteiger partial charge in [-0.2, -0.15) is 10.1 Å². The average molecular weight is 509 g/mol. The molecule has 4 aromatic carbocycles. The highest BCUT2D eigenvalue weighted by molar-refractivity contribution is 8.00. The van der Waals surface area contributed by atoms with E-state index in [4.69, 9.17) is 0 Å². The van der Waals surface area contributed by atoms with Crippen molar-refractivity contribution >= 4 is 57.5 Å². The largest absolute Gasteiger partial charge is 0.322 e. The fourth-order valence-corrected chi connectivity index (χ4v) is 4.88. The third-order valence-electron chi connectivity index (χ3n) is 5.83. The normalized spacial score (nSPS) is 13.8. The Balaban J connectivity index is 1.20. The number of nitrogens with zero attached hydrogens (tertiary/aromatic N) is 2. The Bertz CT molecular complexity index is 1520. The van der Waals surface area contributed by atoms with Gasteiger partial charge in [-0.25, -0.2) is 0 Å². The third-order valence-corrected chi connectivity index (χ3v) is 6.92. The molecule has 0 aromatic heterocycles. The van der Waals surface area contributed by atoms with E-state index in [0.717, 1.165) is 15.7 Å². The molecule has 1 atom stereocenters. The molecule has 0 aliphatic carbocycles. The lowest BCUT2D eigenvalue weighted by molar-refractivity contribution is -0.118. The lowest BCUT2D eigenvalue weighted by Gasteiger charge is -2.13. The second kappa shape index (κ2) is 10.7. The molecule has 0 saturated heterocycles. The van der Waals surface area contributed by atoms with Crippen molar-refractivity contribution in [2.24, 2.45) is 5.10 Å². The number of thioether (sulfide) groups is 1. The van der Waals surface area contributed by atoms with Crippen LogP contribution in [0.25, 0.3) is 10.8 Å². The average Bonchev–Trinajstić information content (AvgIpc) is 3.28. The molecule has 1 aliphatic rings. The number of anilines is 2. The molecule has 1 unspecified atom stereocenters. The number of hydrogen-bond acceptors (Lipinski definition) is 5. The topological polar surface area (TPSA) is 90.9 Å². The monoisotopic (exact) mass is 508 g/mol. The van der Waals surface area contributed by atoms with Crippen LogP contribution in [0.15, 0.2) is 107 Å². The summed E-state index contributed by atoms with van der Waals surface area (Å²) in [5.41, 5.74) is 1.86. The van der Waals surface area contributed by atoms with Crippen molar-refractivity contribution in [1.82, 2.24) is 5.32 Å². The number of carbonyl (C=O) groups excluding carboxylic acids is 3. The van der Waals surface area contributed by atoms with Crippen LogP contribution in [0.2, 0.25) is 0 Å². The van der Waals surface area contributed by atoms with E-state index in [0.29, 0.717) is 22.8 Å². The molecule has 0 spiro atoms. The number of para-hydroxylation sites is 1. The summed E-state index contributed by atoms with van der Waals surface area (Å²) in [5, 5.41) is 12.9. The van der Waals surface area contributed by atoms with Crippen molar-refractivity contribution in [2.45, 2.75) is 23.5 Å². The highest BCUT2D eigenvalue weighted by Crippen LogP contribution is 2.27. The summed E-state index contributed by atoms with van der Waals surface area (Å²) >= 11 is 1.36. The van der Waals surface area contributed by atoms with Gasteiger partial charge >= 0.3 is 0 Å². The van der Waals surface area contributed by atoms with Crippen LogP contribution in [0.5, 0.6) is 0 Å². The lowest BCUT2D eigenvalue weighted by atomic mass is 10.1. The summed E-state index contributed by atoms with van der Waals surface area (Å²) in [6.45, 7) is 1.78. The van der Waals surface area contributed by atoms with E-state index < -0.39 is 5.25 Å². The Morgan fingerprint density at radius 3 is 2.43 bits per heavy atom. The second-order valence-corrected chi connectivity index (χ2v) is 9.97. The number of amidine groups is 1. The number of hydrazone groups is 1. The Morgan fingerprint density at radius 1 is 0.865 bits per heavy atom. The molecular formula is C29H24N4O3S. The first-order valence-electron chi connectivity index (χ1n) is 11.8. The van der Waals surface area contributed by atoms with Crippen LogP contribution in [0, 0.1) is 0 Å². The van der Waals surface area contributed by atoms with E-state index in [2.05, 4.69) is 15.7 Å². The molecule has 0 saturated carbocycles. The zero-order chi connectivity index (χ0) is 25.8. The number of nitrogens with one attached hydrogen (secondary N) is 2. The van der Waals surface area contributed by atoms with Gasteiger partial charge in [0, 0.05) is 16.1 Å². The molecule has 7 nitrogen and oxygen atoms in total. The van der Waals surface area contributed by atoms with E-state index in [-0.39, 0.29) is 24.1 Å². The number of hydrogen-bond donors (Lipinski definition) is 2. The summed E-state index contributed by atoms with van der Waals surface area (Å²) in [6.07, 6.45) is 0.0360. The van der Waals surface area contributed by atoms with Crippen LogP contribution >= 0.6 is 11.8 Å². The van der Waals surface area contributed by atoms with Crippen LogP contribution in [0.4, 0.5) is 11.4 Å². The molecule has 184 valence electrons. The Labute approximate surface area is 218 Å². The minimum Gasteiger partial charge on any atom is -0.322 e. The molecule has 1 aliphatic heterocycles. The van der Waals surface area contributed by atoms with Crippen LogP contribution in [0.1, 0.15) is 23.7 Å². The molecule has 0 radical (unpaired) electrons. The van der Waals surface area contributed by atoms with Gasteiger partial charge in [-0.15, -0.1) is 11.8 Å². The van der Waals surface area contributed by atoms with E-state index in [1.807, 2.05) is 78.9 Å². The lowest BCUT2D eigenvalue weighted by Crippen LogP contribution is -2.35. The maximum atomic E-state index is 12.8. The summed E-state index contributed by atoms with van der Waals surface area (Å²) in [4.78, 5) is 38.8. The smallest absolute Gasteiger partial charge is 0.255 e. The van der Waals surface area contributed by atoms with Gasteiger partial charge in [0.1, 0.15) is 5.84 Å². The molecule has 3 amide bonds. The van der Waals surface area contributed by atoms with E-state index in [1.165, 1.54) is 16.8 Å². The van der Waals surface area contributed by atoms with Crippen molar-refractivity contribution in [3.8, 4) is 0 Å². The highest BCUT2D eigenvalue weighted by atomic mass is 32.2. The predicted octanol–water partition coefficient (Wildman–Crippen LogP) is 5.44. The maximum Gasteiger partial charge on any atom is 0.255 e. The Morgan fingerprint density at radius 2 is 1.62 bits per heavy atom. The van der Waals surface area contributed by atoms with Crippen molar-refractivity contribution in [3.05, 3.63) is 103 Å². The fourth-order valence-electron chi connectivity index (χ4n) is 3.95.